The van der Waals surface area contributed by atoms with Gasteiger partial charge in [-0.2, -0.15) is 0 Å². The molecule has 0 spiro atoms. The molecule has 2 amide bonds. The Morgan fingerprint density at radius 1 is 1.06 bits per heavy atom. The molecular formula is C25H26ClN3O2. The van der Waals surface area contributed by atoms with Crippen LogP contribution in [0.1, 0.15) is 36.7 Å². The molecule has 3 heterocycles. The molecule has 2 aromatic carbocycles. The minimum absolute atomic E-state index is 0.0390. The Morgan fingerprint density at radius 3 is 2.65 bits per heavy atom. The molecular weight excluding hydrogens is 410 g/mol. The third-order valence-electron chi connectivity index (χ3n) is 6.81. The average molecular weight is 436 g/mol. The van der Waals surface area contributed by atoms with E-state index in [0.29, 0.717) is 23.2 Å². The Balaban J connectivity index is 1.55. The first-order valence-corrected chi connectivity index (χ1v) is 11.3. The van der Waals surface area contributed by atoms with Crippen LogP contribution in [0.3, 0.4) is 0 Å². The Kier molecular flexibility index (Phi) is 5.22. The number of amides is 2. The maximum Gasteiger partial charge on any atom is 0.271 e. The van der Waals surface area contributed by atoms with Gasteiger partial charge in [-0.3, -0.25) is 9.59 Å². The zero-order valence-corrected chi connectivity index (χ0v) is 18.4. The van der Waals surface area contributed by atoms with Gasteiger partial charge in [0.15, 0.2) is 0 Å². The van der Waals surface area contributed by atoms with Crippen molar-refractivity contribution in [1.29, 1.82) is 0 Å². The van der Waals surface area contributed by atoms with Gasteiger partial charge in [0.1, 0.15) is 5.69 Å². The Labute approximate surface area is 187 Å². The third-order valence-corrected chi connectivity index (χ3v) is 7.05. The number of rotatable bonds is 2. The maximum atomic E-state index is 13.9. The highest BCUT2D eigenvalue weighted by atomic mass is 35.5. The fourth-order valence-electron chi connectivity index (χ4n) is 5.31. The van der Waals surface area contributed by atoms with Crippen LogP contribution < -0.4 is 0 Å². The molecule has 5 nitrogen and oxygen atoms in total. The van der Waals surface area contributed by atoms with Crippen LogP contribution >= 0.6 is 11.6 Å². The Bertz CT molecular complexity index is 1140. The molecule has 2 aliphatic heterocycles. The van der Waals surface area contributed by atoms with Gasteiger partial charge in [-0.05, 0) is 48.9 Å². The van der Waals surface area contributed by atoms with Gasteiger partial charge in [0.05, 0.1) is 0 Å². The molecule has 1 N–H and O–H groups in total. The van der Waals surface area contributed by atoms with Gasteiger partial charge in [0.2, 0.25) is 5.91 Å². The molecule has 2 saturated heterocycles. The molecule has 2 aliphatic rings. The van der Waals surface area contributed by atoms with Crippen LogP contribution in [-0.2, 0) is 4.79 Å². The van der Waals surface area contributed by atoms with Gasteiger partial charge in [-0.15, -0.1) is 0 Å². The zero-order chi connectivity index (χ0) is 21.5. The van der Waals surface area contributed by atoms with E-state index < -0.39 is 0 Å². The van der Waals surface area contributed by atoms with E-state index in [1.165, 1.54) is 0 Å². The van der Waals surface area contributed by atoms with E-state index in [1.54, 1.807) is 6.92 Å². The number of H-pyrrole nitrogens is 1. The fraction of sp³-hybridized carbons (Fsp3) is 0.360. The lowest BCUT2D eigenvalue weighted by atomic mass is 9.83. The molecule has 0 bridgehead atoms. The molecule has 5 rings (SSSR count). The molecule has 3 aromatic rings. The second kappa shape index (κ2) is 8.04. The molecule has 0 saturated carbocycles. The summed E-state index contributed by atoms with van der Waals surface area (Å²) >= 11 is 6.30. The predicted molar refractivity (Wildman–Crippen MR) is 123 cm³/mol. The summed E-state index contributed by atoms with van der Waals surface area (Å²) < 4.78 is 0. The smallest absolute Gasteiger partial charge is 0.271 e. The largest absolute Gasteiger partial charge is 0.350 e. The van der Waals surface area contributed by atoms with E-state index in [2.05, 4.69) is 4.98 Å². The lowest BCUT2D eigenvalue weighted by Gasteiger charge is -2.47. The molecule has 160 valence electrons. The normalized spacial score (nSPS) is 21.2. The monoisotopic (exact) mass is 435 g/mol. The van der Waals surface area contributed by atoms with Crippen molar-refractivity contribution in [3.05, 3.63) is 59.2 Å². The van der Waals surface area contributed by atoms with E-state index >= 15 is 0 Å². The third kappa shape index (κ3) is 3.61. The van der Waals surface area contributed by atoms with Gasteiger partial charge >= 0.3 is 0 Å². The molecule has 31 heavy (non-hydrogen) atoms. The summed E-state index contributed by atoms with van der Waals surface area (Å²) in [5.41, 5.74) is 3.44. The van der Waals surface area contributed by atoms with E-state index in [1.807, 2.05) is 58.3 Å². The van der Waals surface area contributed by atoms with Crippen molar-refractivity contribution < 1.29 is 9.59 Å². The first-order valence-electron chi connectivity index (χ1n) is 11.0. The van der Waals surface area contributed by atoms with Crippen LogP contribution in [0.4, 0.5) is 0 Å². The second-order valence-corrected chi connectivity index (χ2v) is 9.09. The zero-order valence-electron chi connectivity index (χ0n) is 17.6. The highest BCUT2D eigenvalue weighted by Crippen LogP contribution is 2.37. The number of halogens is 1. The summed E-state index contributed by atoms with van der Waals surface area (Å²) in [5, 5.41) is 1.61. The number of hydrogen-bond donors (Lipinski definition) is 1. The number of carbonyl (C=O) groups excluding carboxylic acids is 2. The maximum absolute atomic E-state index is 13.9. The topological polar surface area (TPSA) is 56.4 Å². The molecule has 0 radical (unpaired) electrons. The van der Waals surface area contributed by atoms with Gasteiger partial charge in [-0.1, -0.05) is 41.9 Å². The van der Waals surface area contributed by atoms with Crippen molar-refractivity contribution in [2.24, 2.45) is 5.92 Å². The first-order chi connectivity index (χ1) is 15.0. The van der Waals surface area contributed by atoms with Crippen molar-refractivity contribution in [2.45, 2.75) is 32.2 Å². The number of piperidine rings is 2. The summed E-state index contributed by atoms with van der Waals surface area (Å²) in [5.74, 6) is 0.507. The first kappa shape index (κ1) is 20.1. The van der Waals surface area contributed by atoms with Gasteiger partial charge in [0.25, 0.3) is 5.91 Å². The van der Waals surface area contributed by atoms with Crippen molar-refractivity contribution in [3.8, 4) is 11.1 Å². The van der Waals surface area contributed by atoms with Gasteiger partial charge < -0.3 is 14.8 Å². The molecule has 6 heteroatoms. The highest BCUT2D eigenvalue weighted by Gasteiger charge is 2.40. The number of aromatic nitrogens is 1. The fourth-order valence-corrected chi connectivity index (χ4v) is 5.49. The molecule has 1 aromatic heterocycles. The number of hydrogen-bond acceptors (Lipinski definition) is 2. The number of aromatic amines is 1. The predicted octanol–water partition coefficient (Wildman–Crippen LogP) is 4.96. The number of fused-ring (bicyclic) bond motifs is 2. The second-order valence-electron chi connectivity index (χ2n) is 8.65. The Hall–Kier alpha value is -2.79. The van der Waals surface area contributed by atoms with Crippen molar-refractivity contribution in [2.75, 3.05) is 19.6 Å². The summed E-state index contributed by atoms with van der Waals surface area (Å²) in [6.45, 7) is 3.85. The standard InChI is InChI=1S/C25H26ClN3O2/c1-16(30)28-13-11-22-18(15-28)8-5-12-29(22)25(31)24-23(17-6-3-2-4-7-17)20-14-19(26)9-10-21(20)27-24/h2-4,6-7,9-10,14,18,22,27H,5,8,11-13,15H2,1H3/t18-,22+/m1/s1. The van der Waals surface area contributed by atoms with Crippen LogP contribution in [0.15, 0.2) is 48.5 Å². The number of nitrogens with zero attached hydrogens (tertiary/aromatic N) is 2. The lowest BCUT2D eigenvalue weighted by Crippen LogP contribution is -2.56. The van der Waals surface area contributed by atoms with E-state index in [-0.39, 0.29) is 17.9 Å². The van der Waals surface area contributed by atoms with Crippen LogP contribution in [0.2, 0.25) is 5.02 Å². The lowest BCUT2D eigenvalue weighted by molar-refractivity contribution is -0.132. The minimum Gasteiger partial charge on any atom is -0.350 e. The van der Waals surface area contributed by atoms with Crippen LogP contribution in [0.25, 0.3) is 22.0 Å². The van der Waals surface area contributed by atoms with Gasteiger partial charge in [-0.25, -0.2) is 0 Å². The summed E-state index contributed by atoms with van der Waals surface area (Å²) in [4.78, 5) is 33.1. The molecule has 0 unspecified atom stereocenters. The molecule has 2 fully saturated rings. The number of likely N-dealkylation sites (tertiary alicyclic amines) is 2. The van der Waals surface area contributed by atoms with Crippen molar-refractivity contribution >= 4 is 34.3 Å². The van der Waals surface area contributed by atoms with Crippen molar-refractivity contribution in [3.63, 3.8) is 0 Å². The SMILES string of the molecule is CC(=O)N1CC[C@H]2[C@H](CCCN2C(=O)c2[nH]c3ccc(Cl)cc3c2-c2ccccc2)C1. The van der Waals surface area contributed by atoms with E-state index in [0.717, 1.165) is 54.4 Å². The molecule has 2 atom stereocenters. The van der Waals surface area contributed by atoms with Gasteiger partial charge in [0, 0.05) is 54.1 Å². The average Bonchev–Trinajstić information content (AvgIpc) is 3.17. The van der Waals surface area contributed by atoms with Crippen molar-refractivity contribution in [1.82, 2.24) is 14.8 Å². The van der Waals surface area contributed by atoms with E-state index in [4.69, 9.17) is 11.6 Å². The minimum atomic E-state index is 0.0390. The number of carbonyl (C=O) groups is 2. The quantitative estimate of drug-likeness (QED) is 0.618. The molecule has 0 aliphatic carbocycles. The number of nitrogens with one attached hydrogen (secondary N) is 1. The van der Waals surface area contributed by atoms with E-state index in [9.17, 15) is 9.59 Å². The Morgan fingerprint density at radius 2 is 1.87 bits per heavy atom. The van der Waals surface area contributed by atoms with Crippen LogP contribution in [0, 0.1) is 5.92 Å². The van der Waals surface area contributed by atoms with Crippen LogP contribution in [-0.4, -0.2) is 52.3 Å². The summed E-state index contributed by atoms with van der Waals surface area (Å²) in [7, 11) is 0. The number of benzene rings is 2. The summed E-state index contributed by atoms with van der Waals surface area (Å²) in [6.07, 6.45) is 2.86. The highest BCUT2D eigenvalue weighted by molar-refractivity contribution is 6.31. The summed E-state index contributed by atoms with van der Waals surface area (Å²) in [6, 6.07) is 15.9. The van der Waals surface area contributed by atoms with Crippen LogP contribution in [0.5, 0.6) is 0 Å².